The zero-order chi connectivity index (χ0) is 21.6. The van der Waals surface area contributed by atoms with Gasteiger partial charge < -0.3 is 4.90 Å². The molecule has 164 valence electrons. The minimum atomic E-state index is -3.18. The van der Waals surface area contributed by atoms with Gasteiger partial charge in [-0.15, -0.1) is 0 Å². The van der Waals surface area contributed by atoms with Crippen LogP contribution in [0.1, 0.15) is 55.8 Å². The topological polar surface area (TPSA) is 66.4 Å². The maximum Gasteiger partial charge on any atom is 0.214 e. The molecular formula is C23H34N4O2S. The molecule has 0 amide bonds. The standard InChI is InChI=1S/C23H34N4O2S/c1-4-6-17-30(28,29)27-14-10-13-26(15-16-27)23-21(18-20-11-8-7-9-12-20)22(5-2)24-19(3)25-23/h7-9,11-12H,4-6,10,13-18H2,1-3H3. The van der Waals surface area contributed by atoms with Gasteiger partial charge in [-0.25, -0.2) is 22.7 Å². The first kappa shape index (κ1) is 22.7. The van der Waals surface area contributed by atoms with Crippen LogP contribution >= 0.6 is 0 Å². The largest absolute Gasteiger partial charge is 0.355 e. The Labute approximate surface area is 181 Å². The molecule has 0 N–H and O–H groups in total. The molecule has 0 radical (unpaired) electrons. The van der Waals surface area contributed by atoms with Crippen LogP contribution in [0.5, 0.6) is 0 Å². The van der Waals surface area contributed by atoms with Crippen molar-refractivity contribution in [2.45, 2.75) is 52.9 Å². The van der Waals surface area contributed by atoms with Crippen molar-refractivity contribution in [3.8, 4) is 0 Å². The Morgan fingerprint density at radius 3 is 2.47 bits per heavy atom. The summed E-state index contributed by atoms with van der Waals surface area (Å²) in [5, 5.41) is 0. The van der Waals surface area contributed by atoms with Gasteiger partial charge in [-0.1, -0.05) is 50.6 Å². The van der Waals surface area contributed by atoms with Gasteiger partial charge in [0, 0.05) is 43.9 Å². The molecule has 30 heavy (non-hydrogen) atoms. The number of sulfonamides is 1. The zero-order valence-corrected chi connectivity index (χ0v) is 19.3. The molecule has 6 nitrogen and oxygen atoms in total. The molecule has 2 heterocycles. The van der Waals surface area contributed by atoms with E-state index >= 15 is 0 Å². The lowest BCUT2D eigenvalue weighted by Crippen LogP contribution is -2.37. The predicted molar refractivity (Wildman–Crippen MR) is 122 cm³/mol. The quantitative estimate of drug-likeness (QED) is 0.640. The molecule has 0 unspecified atom stereocenters. The van der Waals surface area contributed by atoms with Crippen LogP contribution in [0, 0.1) is 6.92 Å². The van der Waals surface area contributed by atoms with Crippen molar-refractivity contribution in [2.24, 2.45) is 0 Å². The highest BCUT2D eigenvalue weighted by Crippen LogP contribution is 2.26. The van der Waals surface area contributed by atoms with E-state index in [-0.39, 0.29) is 5.75 Å². The summed E-state index contributed by atoms with van der Waals surface area (Å²) in [6, 6.07) is 10.4. The number of aromatic nitrogens is 2. The Hall–Kier alpha value is -1.99. The second-order valence-electron chi connectivity index (χ2n) is 7.94. The first-order valence-electron chi connectivity index (χ1n) is 11.1. The molecule has 0 atom stereocenters. The minimum Gasteiger partial charge on any atom is -0.355 e. The second-order valence-corrected chi connectivity index (χ2v) is 10.0. The summed E-state index contributed by atoms with van der Waals surface area (Å²) >= 11 is 0. The third-order valence-electron chi connectivity index (χ3n) is 5.64. The maximum absolute atomic E-state index is 12.7. The van der Waals surface area contributed by atoms with Crippen molar-refractivity contribution < 1.29 is 8.42 Å². The van der Waals surface area contributed by atoms with Crippen LogP contribution in [0.2, 0.25) is 0 Å². The van der Waals surface area contributed by atoms with Crippen molar-refractivity contribution in [3.05, 3.63) is 53.0 Å². The molecule has 0 bridgehead atoms. The molecule has 0 spiro atoms. The number of hydrogen-bond donors (Lipinski definition) is 0. The van der Waals surface area contributed by atoms with E-state index in [9.17, 15) is 8.42 Å². The molecule has 0 aliphatic carbocycles. The van der Waals surface area contributed by atoms with E-state index in [2.05, 4.69) is 36.1 Å². The Balaban J connectivity index is 1.87. The first-order chi connectivity index (χ1) is 14.4. The highest BCUT2D eigenvalue weighted by atomic mass is 32.2. The van der Waals surface area contributed by atoms with Crippen molar-refractivity contribution in [1.82, 2.24) is 14.3 Å². The van der Waals surface area contributed by atoms with Gasteiger partial charge >= 0.3 is 0 Å². The van der Waals surface area contributed by atoms with Gasteiger partial charge in [0.2, 0.25) is 10.0 Å². The number of anilines is 1. The van der Waals surface area contributed by atoms with E-state index in [1.807, 2.05) is 19.9 Å². The van der Waals surface area contributed by atoms with Gasteiger partial charge in [0.1, 0.15) is 11.6 Å². The number of nitrogens with zero attached hydrogens (tertiary/aromatic N) is 4. The molecule has 1 aliphatic rings. The Morgan fingerprint density at radius 1 is 1.00 bits per heavy atom. The van der Waals surface area contributed by atoms with E-state index in [1.165, 1.54) is 5.56 Å². The lowest BCUT2D eigenvalue weighted by atomic mass is 10.0. The molecule has 7 heteroatoms. The van der Waals surface area contributed by atoms with Crippen molar-refractivity contribution >= 4 is 15.8 Å². The summed E-state index contributed by atoms with van der Waals surface area (Å²) in [6.45, 7) is 8.66. The lowest BCUT2D eigenvalue weighted by molar-refractivity contribution is 0.432. The molecule has 1 saturated heterocycles. The number of rotatable bonds is 8. The maximum atomic E-state index is 12.7. The summed E-state index contributed by atoms with van der Waals surface area (Å²) < 4.78 is 27.0. The lowest BCUT2D eigenvalue weighted by Gasteiger charge is -2.26. The average molecular weight is 431 g/mol. The summed E-state index contributed by atoms with van der Waals surface area (Å²) in [5.41, 5.74) is 3.48. The number of aryl methyl sites for hydroxylation is 2. The number of unbranched alkanes of at least 4 members (excludes halogenated alkanes) is 1. The van der Waals surface area contributed by atoms with Crippen molar-refractivity contribution in [3.63, 3.8) is 0 Å². The van der Waals surface area contributed by atoms with E-state index < -0.39 is 10.0 Å². The van der Waals surface area contributed by atoms with Crippen LogP contribution < -0.4 is 4.90 Å². The van der Waals surface area contributed by atoms with Gasteiger partial charge in [0.25, 0.3) is 0 Å². The molecule has 1 aliphatic heterocycles. The molecule has 2 aromatic rings. The molecule has 1 aromatic heterocycles. The Bertz CT molecular complexity index is 932. The van der Waals surface area contributed by atoms with Gasteiger partial charge in [0.05, 0.1) is 5.75 Å². The summed E-state index contributed by atoms with van der Waals surface area (Å²) in [4.78, 5) is 11.8. The van der Waals surface area contributed by atoms with E-state index in [1.54, 1.807) is 4.31 Å². The molecule has 1 aromatic carbocycles. The van der Waals surface area contributed by atoms with Gasteiger partial charge in [-0.2, -0.15) is 0 Å². The second kappa shape index (κ2) is 10.4. The summed E-state index contributed by atoms with van der Waals surface area (Å²) in [5.74, 6) is 1.99. The third kappa shape index (κ3) is 5.58. The summed E-state index contributed by atoms with van der Waals surface area (Å²) in [6.07, 6.45) is 4.05. The molecule has 0 saturated carbocycles. The number of benzene rings is 1. The van der Waals surface area contributed by atoms with Crippen LogP contribution in [0.4, 0.5) is 5.82 Å². The van der Waals surface area contributed by atoms with E-state index in [0.717, 1.165) is 61.5 Å². The SMILES string of the molecule is CCCCS(=O)(=O)N1CCCN(c2nc(C)nc(CC)c2Cc2ccccc2)CC1. The fourth-order valence-corrected chi connectivity index (χ4v) is 5.69. The van der Waals surface area contributed by atoms with Crippen molar-refractivity contribution in [2.75, 3.05) is 36.8 Å². The van der Waals surface area contributed by atoms with E-state index in [4.69, 9.17) is 9.97 Å². The number of hydrogen-bond acceptors (Lipinski definition) is 5. The smallest absolute Gasteiger partial charge is 0.214 e. The average Bonchev–Trinajstić information content (AvgIpc) is 3.01. The van der Waals surface area contributed by atoms with E-state index in [0.29, 0.717) is 19.6 Å². The van der Waals surface area contributed by atoms with Crippen LogP contribution in [-0.4, -0.2) is 54.6 Å². The highest BCUT2D eigenvalue weighted by molar-refractivity contribution is 7.89. The minimum absolute atomic E-state index is 0.245. The van der Waals surface area contributed by atoms with Crippen molar-refractivity contribution in [1.29, 1.82) is 0 Å². The van der Waals surface area contributed by atoms with Crippen LogP contribution in [0.15, 0.2) is 30.3 Å². The van der Waals surface area contributed by atoms with Crippen LogP contribution in [0.3, 0.4) is 0 Å². The monoisotopic (exact) mass is 430 g/mol. The molecule has 3 rings (SSSR count). The molecular weight excluding hydrogens is 396 g/mol. The normalized spacial score (nSPS) is 15.9. The molecule has 1 fully saturated rings. The fraction of sp³-hybridized carbons (Fsp3) is 0.565. The van der Waals surface area contributed by atoms with Gasteiger partial charge in [-0.05, 0) is 31.7 Å². The fourth-order valence-electron chi connectivity index (χ4n) is 4.01. The van der Waals surface area contributed by atoms with Gasteiger partial charge in [-0.3, -0.25) is 0 Å². The van der Waals surface area contributed by atoms with Crippen LogP contribution in [-0.2, 0) is 22.9 Å². The van der Waals surface area contributed by atoms with Crippen LogP contribution in [0.25, 0.3) is 0 Å². The zero-order valence-electron chi connectivity index (χ0n) is 18.5. The van der Waals surface area contributed by atoms with Gasteiger partial charge in [0.15, 0.2) is 0 Å². The highest BCUT2D eigenvalue weighted by Gasteiger charge is 2.26. The summed E-state index contributed by atoms with van der Waals surface area (Å²) in [7, 11) is -3.18. The first-order valence-corrected chi connectivity index (χ1v) is 12.7. The predicted octanol–water partition coefficient (Wildman–Crippen LogP) is 3.58. The third-order valence-corrected chi connectivity index (χ3v) is 7.60. The Morgan fingerprint density at radius 2 is 1.77 bits per heavy atom. The Kier molecular flexibility index (Phi) is 7.83.